The Morgan fingerprint density at radius 3 is 2.57 bits per heavy atom. The fraction of sp³-hybridized carbons (Fsp3) is 0.562. The van der Waals surface area contributed by atoms with E-state index in [2.05, 4.69) is 5.32 Å². The molecule has 1 saturated heterocycles. The van der Waals surface area contributed by atoms with Crippen LogP contribution in [0.3, 0.4) is 0 Å². The van der Waals surface area contributed by atoms with Crippen LogP contribution in [0.2, 0.25) is 0 Å². The Kier molecular flexibility index (Phi) is 6.49. The lowest BCUT2D eigenvalue weighted by molar-refractivity contribution is -0.265. The summed E-state index contributed by atoms with van der Waals surface area (Å²) in [5.41, 5.74) is 0.998. The minimum Gasteiger partial charge on any atom is -0.388 e. The van der Waals surface area contributed by atoms with Gasteiger partial charge in [0.25, 0.3) is 0 Å². The molecule has 5 atom stereocenters. The SMILES string of the molecule is CO[C@H]1O[C@H](COCc2ccccc2)[C@H](O)[C@H](O)[C@@H]1NC(C)=O. The normalized spacial score (nSPS) is 30.9. The summed E-state index contributed by atoms with van der Waals surface area (Å²) in [5.74, 6) is -0.342. The van der Waals surface area contributed by atoms with E-state index >= 15 is 0 Å². The van der Waals surface area contributed by atoms with Crippen LogP contribution in [-0.2, 0) is 25.6 Å². The number of rotatable bonds is 6. The van der Waals surface area contributed by atoms with E-state index in [1.165, 1.54) is 14.0 Å². The van der Waals surface area contributed by atoms with E-state index in [1.807, 2.05) is 30.3 Å². The molecule has 23 heavy (non-hydrogen) atoms. The van der Waals surface area contributed by atoms with Crippen molar-refractivity contribution >= 4 is 5.91 Å². The van der Waals surface area contributed by atoms with E-state index in [1.54, 1.807) is 0 Å². The summed E-state index contributed by atoms with van der Waals surface area (Å²) in [6.45, 7) is 1.79. The van der Waals surface area contributed by atoms with E-state index in [9.17, 15) is 15.0 Å². The first-order valence-corrected chi connectivity index (χ1v) is 7.46. The Balaban J connectivity index is 1.91. The number of benzene rings is 1. The number of nitrogens with one attached hydrogen (secondary N) is 1. The van der Waals surface area contributed by atoms with Crippen molar-refractivity contribution in [2.24, 2.45) is 0 Å². The van der Waals surface area contributed by atoms with Gasteiger partial charge in [-0.3, -0.25) is 4.79 Å². The predicted octanol–water partition coefficient (Wildman–Crippen LogP) is -0.199. The Labute approximate surface area is 135 Å². The molecule has 2 rings (SSSR count). The Morgan fingerprint density at radius 2 is 1.96 bits per heavy atom. The van der Waals surface area contributed by atoms with Crippen molar-refractivity contribution in [1.82, 2.24) is 5.32 Å². The second-order valence-electron chi connectivity index (χ2n) is 5.49. The molecule has 1 aliphatic rings. The van der Waals surface area contributed by atoms with Crippen LogP contribution in [0.15, 0.2) is 30.3 Å². The molecule has 1 heterocycles. The lowest BCUT2D eigenvalue weighted by Gasteiger charge is -2.42. The zero-order valence-electron chi connectivity index (χ0n) is 13.2. The summed E-state index contributed by atoms with van der Waals surface area (Å²) in [6, 6.07) is 8.76. The number of carbonyl (C=O) groups excluding carboxylic acids is 1. The molecule has 0 aliphatic carbocycles. The van der Waals surface area contributed by atoms with Gasteiger partial charge in [0.1, 0.15) is 24.4 Å². The van der Waals surface area contributed by atoms with Crippen LogP contribution in [0.4, 0.5) is 0 Å². The molecular weight excluding hydrogens is 302 g/mol. The molecule has 7 heteroatoms. The van der Waals surface area contributed by atoms with Gasteiger partial charge in [0.2, 0.25) is 5.91 Å². The average Bonchev–Trinajstić information content (AvgIpc) is 2.54. The fourth-order valence-electron chi connectivity index (χ4n) is 2.53. The summed E-state index contributed by atoms with van der Waals surface area (Å²) < 4.78 is 16.3. The molecule has 1 aromatic rings. The molecule has 0 saturated carbocycles. The molecule has 0 radical (unpaired) electrons. The molecule has 0 unspecified atom stereocenters. The number of methoxy groups -OCH3 is 1. The van der Waals surface area contributed by atoms with Gasteiger partial charge in [0.05, 0.1) is 13.2 Å². The van der Waals surface area contributed by atoms with Gasteiger partial charge >= 0.3 is 0 Å². The molecule has 0 spiro atoms. The monoisotopic (exact) mass is 325 g/mol. The molecule has 1 aliphatic heterocycles. The molecule has 3 N–H and O–H groups in total. The van der Waals surface area contributed by atoms with Crippen molar-refractivity contribution in [3.8, 4) is 0 Å². The number of amides is 1. The van der Waals surface area contributed by atoms with E-state index in [0.29, 0.717) is 6.61 Å². The first-order valence-electron chi connectivity index (χ1n) is 7.46. The fourth-order valence-corrected chi connectivity index (χ4v) is 2.53. The van der Waals surface area contributed by atoms with Crippen molar-refractivity contribution in [2.45, 2.75) is 44.2 Å². The van der Waals surface area contributed by atoms with Gasteiger partial charge in [-0.2, -0.15) is 0 Å². The summed E-state index contributed by atoms with van der Waals surface area (Å²) in [5, 5.41) is 22.9. The summed E-state index contributed by atoms with van der Waals surface area (Å²) in [6.07, 6.45) is -4.00. The topological polar surface area (TPSA) is 97.2 Å². The van der Waals surface area contributed by atoms with Crippen molar-refractivity contribution in [3.63, 3.8) is 0 Å². The number of hydrogen-bond donors (Lipinski definition) is 3. The summed E-state index contributed by atoms with van der Waals surface area (Å²) >= 11 is 0. The molecule has 0 aromatic heterocycles. The zero-order valence-corrected chi connectivity index (χ0v) is 13.2. The molecule has 1 fully saturated rings. The van der Waals surface area contributed by atoms with Crippen LogP contribution in [0.5, 0.6) is 0 Å². The van der Waals surface area contributed by atoms with Crippen LogP contribution in [0.1, 0.15) is 12.5 Å². The van der Waals surface area contributed by atoms with E-state index in [-0.39, 0.29) is 12.5 Å². The van der Waals surface area contributed by atoms with Gasteiger partial charge in [0, 0.05) is 14.0 Å². The Morgan fingerprint density at radius 1 is 1.26 bits per heavy atom. The second kappa shape index (κ2) is 8.37. The maximum atomic E-state index is 11.2. The smallest absolute Gasteiger partial charge is 0.217 e. The number of hydrogen-bond acceptors (Lipinski definition) is 6. The number of aliphatic hydroxyl groups is 2. The quantitative estimate of drug-likeness (QED) is 0.670. The first kappa shape index (κ1) is 17.8. The van der Waals surface area contributed by atoms with Crippen LogP contribution in [-0.4, -0.2) is 60.5 Å². The second-order valence-corrected chi connectivity index (χ2v) is 5.49. The van der Waals surface area contributed by atoms with Crippen LogP contribution < -0.4 is 5.32 Å². The van der Waals surface area contributed by atoms with E-state index in [0.717, 1.165) is 5.56 Å². The van der Waals surface area contributed by atoms with Crippen molar-refractivity contribution in [3.05, 3.63) is 35.9 Å². The third-order valence-corrected chi connectivity index (χ3v) is 3.70. The molecule has 0 bridgehead atoms. The molecule has 128 valence electrons. The van der Waals surface area contributed by atoms with Crippen molar-refractivity contribution < 1.29 is 29.2 Å². The van der Waals surface area contributed by atoms with Crippen molar-refractivity contribution in [1.29, 1.82) is 0 Å². The van der Waals surface area contributed by atoms with Crippen LogP contribution in [0.25, 0.3) is 0 Å². The van der Waals surface area contributed by atoms with Gasteiger partial charge in [-0.25, -0.2) is 0 Å². The molecule has 7 nitrogen and oxygen atoms in total. The Bertz CT molecular complexity index is 495. The van der Waals surface area contributed by atoms with Gasteiger partial charge in [-0.15, -0.1) is 0 Å². The highest BCUT2D eigenvalue weighted by molar-refractivity contribution is 5.73. The predicted molar refractivity (Wildman–Crippen MR) is 81.4 cm³/mol. The maximum Gasteiger partial charge on any atom is 0.217 e. The Hall–Kier alpha value is -1.51. The largest absolute Gasteiger partial charge is 0.388 e. The number of ether oxygens (including phenoxy) is 3. The van der Waals surface area contributed by atoms with Crippen molar-refractivity contribution in [2.75, 3.05) is 13.7 Å². The highest BCUT2D eigenvalue weighted by atomic mass is 16.7. The maximum absolute atomic E-state index is 11.2. The summed E-state index contributed by atoms with van der Waals surface area (Å²) in [7, 11) is 1.41. The highest BCUT2D eigenvalue weighted by Crippen LogP contribution is 2.22. The van der Waals surface area contributed by atoms with Crippen LogP contribution >= 0.6 is 0 Å². The minimum atomic E-state index is -1.21. The van der Waals surface area contributed by atoms with Gasteiger partial charge in [-0.05, 0) is 5.56 Å². The highest BCUT2D eigenvalue weighted by Gasteiger charge is 2.45. The average molecular weight is 325 g/mol. The zero-order chi connectivity index (χ0) is 16.8. The third-order valence-electron chi connectivity index (χ3n) is 3.70. The van der Waals surface area contributed by atoms with E-state index < -0.39 is 30.6 Å². The first-order chi connectivity index (χ1) is 11.0. The molecule has 1 amide bonds. The number of carbonyl (C=O) groups is 1. The number of aliphatic hydroxyl groups excluding tert-OH is 2. The standard InChI is InChI=1S/C16H23NO6/c1-10(18)17-13-15(20)14(19)12(23-16(13)21-2)9-22-8-11-6-4-3-5-7-11/h3-7,12-16,19-20H,8-9H2,1-2H3,(H,17,18)/t12-,13+,14+,15-,16+/m1/s1. The van der Waals surface area contributed by atoms with E-state index in [4.69, 9.17) is 14.2 Å². The summed E-state index contributed by atoms with van der Waals surface area (Å²) in [4.78, 5) is 11.2. The van der Waals surface area contributed by atoms with Gasteiger partial charge in [0.15, 0.2) is 6.29 Å². The van der Waals surface area contributed by atoms with Crippen LogP contribution in [0, 0.1) is 0 Å². The van der Waals surface area contributed by atoms with Gasteiger partial charge < -0.3 is 29.7 Å². The van der Waals surface area contributed by atoms with Gasteiger partial charge in [-0.1, -0.05) is 30.3 Å². The third kappa shape index (κ3) is 4.73. The molecular formula is C16H23NO6. The lowest BCUT2D eigenvalue weighted by atomic mass is 9.97. The molecule has 1 aromatic carbocycles. The lowest BCUT2D eigenvalue weighted by Crippen LogP contribution is -2.64. The minimum absolute atomic E-state index is 0.0970.